The molecule has 0 aliphatic rings. The topological polar surface area (TPSA) is 83.8 Å². The van der Waals surface area contributed by atoms with Gasteiger partial charge >= 0.3 is 13.6 Å². The molecule has 0 bridgehead atoms. The molecule has 2 aromatic carbocycles. The molecule has 0 aromatic heterocycles. The minimum Gasteiger partial charge on any atom is -0.481 e. The van der Waals surface area contributed by atoms with Crippen LogP contribution in [0.15, 0.2) is 60.7 Å². The van der Waals surface area contributed by atoms with Gasteiger partial charge in [-0.2, -0.15) is 0 Å². The van der Waals surface area contributed by atoms with E-state index in [2.05, 4.69) is 0 Å². The Morgan fingerprint density at radius 1 is 1.08 bits per heavy atom. The Morgan fingerprint density at radius 2 is 1.62 bits per heavy atom. The Bertz CT molecular complexity index is 717. The second kappa shape index (κ2) is 7.75. The molecule has 5 nitrogen and oxygen atoms in total. The van der Waals surface area contributed by atoms with Gasteiger partial charge in [0.25, 0.3) is 0 Å². The molecule has 0 radical (unpaired) electrons. The highest BCUT2D eigenvalue weighted by Crippen LogP contribution is 2.53. The summed E-state index contributed by atoms with van der Waals surface area (Å²) < 4.78 is 18.2. The van der Waals surface area contributed by atoms with E-state index in [0.717, 1.165) is 0 Å². The van der Waals surface area contributed by atoms with Crippen LogP contribution in [0.1, 0.15) is 30.9 Å². The SMILES string of the molecule is CC(CCC(=O)O)(OP(=O)(O)Cc1ccccc1)c1ccccc1. The first-order chi connectivity index (χ1) is 11.3. The highest BCUT2D eigenvalue weighted by Gasteiger charge is 2.36. The molecule has 0 spiro atoms. The fourth-order valence-corrected chi connectivity index (χ4v) is 4.10. The molecule has 0 aliphatic heterocycles. The number of rotatable bonds is 8. The van der Waals surface area contributed by atoms with E-state index in [9.17, 15) is 14.3 Å². The predicted molar refractivity (Wildman–Crippen MR) is 91.7 cm³/mol. The quantitative estimate of drug-likeness (QED) is 0.700. The Kier molecular flexibility index (Phi) is 5.94. The molecule has 128 valence electrons. The van der Waals surface area contributed by atoms with Crippen molar-refractivity contribution in [3.63, 3.8) is 0 Å². The zero-order valence-electron chi connectivity index (χ0n) is 13.5. The van der Waals surface area contributed by atoms with Crippen LogP contribution in [0.3, 0.4) is 0 Å². The van der Waals surface area contributed by atoms with Gasteiger partial charge < -0.3 is 10.00 Å². The van der Waals surface area contributed by atoms with Crippen molar-refractivity contribution in [1.82, 2.24) is 0 Å². The van der Waals surface area contributed by atoms with Gasteiger partial charge in [0.1, 0.15) is 5.60 Å². The Hall–Kier alpha value is -1.94. The van der Waals surface area contributed by atoms with Gasteiger partial charge in [-0.3, -0.25) is 13.9 Å². The highest BCUT2D eigenvalue weighted by atomic mass is 31.2. The van der Waals surface area contributed by atoms with Crippen LogP contribution in [0.25, 0.3) is 0 Å². The number of hydrogen-bond donors (Lipinski definition) is 2. The first-order valence-corrected chi connectivity index (χ1v) is 9.41. The monoisotopic (exact) mass is 348 g/mol. The Balaban J connectivity index is 2.23. The van der Waals surface area contributed by atoms with E-state index in [1.807, 2.05) is 12.1 Å². The molecule has 2 unspecified atom stereocenters. The van der Waals surface area contributed by atoms with Crippen molar-refractivity contribution in [3.8, 4) is 0 Å². The van der Waals surface area contributed by atoms with Gasteiger partial charge in [0, 0.05) is 6.42 Å². The molecule has 0 fully saturated rings. The molecule has 0 saturated carbocycles. The third kappa shape index (κ3) is 5.31. The lowest BCUT2D eigenvalue weighted by Crippen LogP contribution is -2.26. The second-order valence-corrected chi connectivity index (χ2v) is 7.64. The first-order valence-electron chi connectivity index (χ1n) is 7.65. The first kappa shape index (κ1) is 18.4. The highest BCUT2D eigenvalue weighted by molar-refractivity contribution is 7.52. The minimum atomic E-state index is -3.95. The summed E-state index contributed by atoms with van der Waals surface area (Å²) in [6.45, 7) is 1.65. The zero-order chi connectivity index (χ0) is 17.6. The molecular weight excluding hydrogens is 327 g/mol. The minimum absolute atomic E-state index is 0.103. The van der Waals surface area contributed by atoms with Crippen LogP contribution >= 0.6 is 7.60 Å². The van der Waals surface area contributed by atoms with Gasteiger partial charge in [-0.05, 0) is 24.5 Å². The summed E-state index contributed by atoms with van der Waals surface area (Å²) >= 11 is 0. The van der Waals surface area contributed by atoms with Gasteiger partial charge in [0.2, 0.25) is 0 Å². The molecule has 24 heavy (non-hydrogen) atoms. The largest absolute Gasteiger partial charge is 0.481 e. The van der Waals surface area contributed by atoms with Gasteiger partial charge in [-0.1, -0.05) is 60.7 Å². The lowest BCUT2D eigenvalue weighted by atomic mass is 9.91. The van der Waals surface area contributed by atoms with E-state index in [1.54, 1.807) is 55.5 Å². The van der Waals surface area contributed by atoms with Crippen LogP contribution in [0, 0.1) is 0 Å². The van der Waals surface area contributed by atoms with Gasteiger partial charge in [0.15, 0.2) is 0 Å². The maximum absolute atomic E-state index is 12.6. The molecule has 2 N–H and O–H groups in total. The van der Waals surface area contributed by atoms with E-state index in [4.69, 9.17) is 9.63 Å². The number of carboxylic acids is 1. The number of benzene rings is 2. The van der Waals surface area contributed by atoms with Crippen LogP contribution < -0.4 is 0 Å². The number of aliphatic carboxylic acids is 1. The lowest BCUT2D eigenvalue weighted by Gasteiger charge is -2.32. The Morgan fingerprint density at radius 3 is 2.17 bits per heavy atom. The van der Waals surface area contributed by atoms with Gasteiger partial charge in [-0.15, -0.1) is 0 Å². The smallest absolute Gasteiger partial charge is 0.333 e. The fourth-order valence-electron chi connectivity index (χ4n) is 2.54. The van der Waals surface area contributed by atoms with E-state index < -0.39 is 19.2 Å². The van der Waals surface area contributed by atoms with Crippen LogP contribution in [-0.2, 0) is 25.6 Å². The molecule has 6 heteroatoms. The van der Waals surface area contributed by atoms with Crippen molar-refractivity contribution in [1.29, 1.82) is 0 Å². The van der Waals surface area contributed by atoms with Crippen LogP contribution in [0.4, 0.5) is 0 Å². The van der Waals surface area contributed by atoms with Crippen molar-refractivity contribution in [3.05, 3.63) is 71.8 Å². The molecule has 0 aliphatic carbocycles. The average Bonchev–Trinajstić information content (AvgIpc) is 2.54. The van der Waals surface area contributed by atoms with Gasteiger partial charge in [-0.25, -0.2) is 0 Å². The van der Waals surface area contributed by atoms with Crippen molar-refractivity contribution in [2.45, 2.75) is 31.5 Å². The van der Waals surface area contributed by atoms with E-state index in [-0.39, 0.29) is 19.0 Å². The van der Waals surface area contributed by atoms with E-state index >= 15 is 0 Å². The summed E-state index contributed by atoms with van der Waals surface area (Å²) in [4.78, 5) is 21.3. The maximum Gasteiger partial charge on any atom is 0.333 e. The van der Waals surface area contributed by atoms with Crippen LogP contribution in [-0.4, -0.2) is 16.0 Å². The van der Waals surface area contributed by atoms with Crippen molar-refractivity contribution in [2.24, 2.45) is 0 Å². The van der Waals surface area contributed by atoms with E-state index in [1.165, 1.54) is 0 Å². The van der Waals surface area contributed by atoms with Gasteiger partial charge in [0.05, 0.1) is 6.16 Å². The summed E-state index contributed by atoms with van der Waals surface area (Å²) in [5.74, 6) is -0.975. The molecule has 0 saturated heterocycles. The zero-order valence-corrected chi connectivity index (χ0v) is 14.4. The summed E-state index contributed by atoms with van der Waals surface area (Å²) in [7, 11) is -3.95. The maximum atomic E-state index is 12.6. The third-order valence-electron chi connectivity index (χ3n) is 3.77. The Labute approximate surface area is 141 Å². The molecule has 2 aromatic rings. The van der Waals surface area contributed by atoms with E-state index in [0.29, 0.717) is 11.1 Å². The predicted octanol–water partition coefficient (Wildman–Crippen LogP) is 4.17. The van der Waals surface area contributed by atoms with Crippen LogP contribution in [0.2, 0.25) is 0 Å². The molecule has 0 heterocycles. The molecule has 2 rings (SSSR count). The molecule has 0 amide bonds. The summed E-state index contributed by atoms with van der Waals surface area (Å²) in [5.41, 5.74) is 0.212. The third-order valence-corrected chi connectivity index (χ3v) is 5.22. The molecule has 2 atom stereocenters. The molecular formula is C18H21O5P. The average molecular weight is 348 g/mol. The summed E-state index contributed by atoms with van der Waals surface area (Å²) in [6, 6.07) is 17.8. The number of hydrogen-bond acceptors (Lipinski definition) is 3. The normalized spacial score (nSPS) is 16.1. The van der Waals surface area contributed by atoms with Crippen molar-refractivity contribution >= 4 is 13.6 Å². The van der Waals surface area contributed by atoms with Crippen LogP contribution in [0.5, 0.6) is 0 Å². The second-order valence-electron chi connectivity index (χ2n) is 5.86. The summed E-state index contributed by atoms with van der Waals surface area (Å²) in [6.07, 6.45) is -0.175. The number of carbonyl (C=O) groups is 1. The summed E-state index contributed by atoms with van der Waals surface area (Å²) in [5, 5.41) is 8.97. The van der Waals surface area contributed by atoms with Crippen molar-refractivity contribution < 1.29 is 23.9 Å². The lowest BCUT2D eigenvalue weighted by molar-refractivity contribution is -0.138. The van der Waals surface area contributed by atoms with Crippen molar-refractivity contribution in [2.75, 3.05) is 0 Å². The fraction of sp³-hybridized carbons (Fsp3) is 0.278. The standard InChI is InChI=1S/C18H21O5P/c1-18(13-12-17(19)20,16-10-6-3-7-11-16)23-24(21,22)14-15-8-4-2-5-9-15/h2-11H,12-14H2,1H3,(H,19,20)(H,21,22). The number of carboxylic acid groups (broad SMARTS) is 1.